The van der Waals surface area contributed by atoms with Crippen LogP contribution in [0.4, 0.5) is 0 Å². The van der Waals surface area contributed by atoms with Gasteiger partial charge < -0.3 is 35.2 Å². The fraction of sp³-hybridized carbons (Fsp3) is 0.943. The molecule has 12 atom stereocenters. The van der Waals surface area contributed by atoms with Gasteiger partial charge >= 0.3 is 26.7 Å². The van der Waals surface area contributed by atoms with Crippen LogP contribution in [0, 0.1) is 40.4 Å². The molecule has 14 heteroatoms. The molecule has 282 valence electrons. The van der Waals surface area contributed by atoms with Gasteiger partial charge in [0.25, 0.3) is 0 Å². The van der Waals surface area contributed by atoms with Crippen LogP contribution in [0.1, 0.15) is 137 Å². The fourth-order valence-corrected chi connectivity index (χ4v) is 12.6. The van der Waals surface area contributed by atoms with Crippen LogP contribution in [0.15, 0.2) is 0 Å². The van der Waals surface area contributed by atoms with Gasteiger partial charge in [0.15, 0.2) is 0 Å². The quantitative estimate of drug-likeness (QED) is 0.0599. The number of aliphatic hydroxyl groups excluding tert-OH is 1. The van der Waals surface area contributed by atoms with Crippen molar-refractivity contribution in [1.82, 2.24) is 5.32 Å². The van der Waals surface area contributed by atoms with Crippen molar-refractivity contribution in [3.05, 3.63) is 0 Å². The summed E-state index contributed by atoms with van der Waals surface area (Å²) in [6.07, 6.45) is 10.4. The number of amides is 1. The Morgan fingerprint density at radius 3 is 2.24 bits per heavy atom. The molecule has 7 N–H and O–H groups in total. The van der Waals surface area contributed by atoms with E-state index in [4.69, 9.17) is 4.74 Å². The van der Waals surface area contributed by atoms with Gasteiger partial charge in [-0.1, -0.05) is 46.5 Å². The van der Waals surface area contributed by atoms with Crippen molar-refractivity contribution >= 4 is 27.5 Å². The lowest BCUT2D eigenvalue weighted by atomic mass is 9.43. The highest BCUT2D eigenvalue weighted by atomic mass is 31.2. The summed E-state index contributed by atoms with van der Waals surface area (Å²) in [5.74, 6) is 0.483. The number of unbranched alkanes of at least 4 members (excludes halogenated alkanes) is 3. The molecule has 49 heavy (non-hydrogen) atoms. The number of rotatable bonds is 16. The van der Waals surface area contributed by atoms with Crippen molar-refractivity contribution in [2.24, 2.45) is 40.4 Å². The first kappa shape index (κ1) is 40.8. The van der Waals surface area contributed by atoms with Crippen molar-refractivity contribution in [2.45, 2.75) is 160 Å². The van der Waals surface area contributed by atoms with E-state index in [1.807, 2.05) is 6.92 Å². The van der Waals surface area contributed by atoms with E-state index < -0.39 is 50.7 Å². The maximum atomic E-state index is 13.2. The maximum Gasteiger partial charge on any atom is 0.554 e. The summed E-state index contributed by atoms with van der Waals surface area (Å²) >= 11 is 0. The number of carbonyl (C=O) groups excluding carboxylic acids is 2. The van der Waals surface area contributed by atoms with E-state index in [1.54, 1.807) is 0 Å². The molecule has 4 rings (SSSR count). The van der Waals surface area contributed by atoms with E-state index in [-0.39, 0.29) is 54.6 Å². The molecule has 4 saturated carbocycles. The van der Waals surface area contributed by atoms with E-state index in [9.17, 15) is 48.7 Å². The topological polar surface area (TPSA) is 211 Å². The first-order valence-corrected chi connectivity index (χ1v) is 21.4. The number of nitrogens with one attached hydrogen (secondary N) is 1. The lowest BCUT2D eigenvalue weighted by Gasteiger charge is -2.63. The highest BCUT2D eigenvalue weighted by Gasteiger charge is 2.65. The molecule has 0 heterocycles. The van der Waals surface area contributed by atoms with Crippen LogP contribution >= 0.6 is 15.6 Å². The molecule has 4 aliphatic rings. The van der Waals surface area contributed by atoms with Gasteiger partial charge in [0, 0.05) is 25.3 Å². The second-order valence-electron chi connectivity index (χ2n) is 16.6. The number of hydrogen-bond acceptors (Lipinski definition) is 8. The van der Waals surface area contributed by atoms with E-state index in [2.05, 4.69) is 26.1 Å². The van der Waals surface area contributed by atoms with E-state index in [0.717, 1.165) is 70.6 Å². The predicted molar refractivity (Wildman–Crippen MR) is 184 cm³/mol. The van der Waals surface area contributed by atoms with Gasteiger partial charge in [0.05, 0.1) is 18.1 Å². The Morgan fingerprint density at radius 2 is 1.59 bits per heavy atom. The molecule has 0 aromatic rings. The SMILES string of the molecule is CCCCCC[C@](C)(O)[C@H]1CC[C@H]2[C@@H]3C[C@H](OC(=O)CCC(=O)NCCCC(O)([P+](=O)O)P(=O)(O)O)[C@H]4C[C@@H](O)CC[C@]4(C)[C@H]3CC[C@@]21C. The van der Waals surface area contributed by atoms with Crippen LogP contribution in [0.5, 0.6) is 0 Å². The van der Waals surface area contributed by atoms with Gasteiger partial charge in [-0.25, -0.2) is 0 Å². The first-order chi connectivity index (χ1) is 22.8. The molecule has 0 saturated heterocycles. The molecule has 4 aliphatic carbocycles. The smallest absolute Gasteiger partial charge is 0.462 e. The zero-order chi connectivity index (χ0) is 36.4. The van der Waals surface area contributed by atoms with Crippen LogP contribution in [0.25, 0.3) is 0 Å². The largest absolute Gasteiger partial charge is 0.554 e. The molecule has 0 spiro atoms. The van der Waals surface area contributed by atoms with E-state index in [1.165, 1.54) is 6.42 Å². The third-order valence-corrected chi connectivity index (χ3v) is 16.8. The van der Waals surface area contributed by atoms with Crippen molar-refractivity contribution in [3.63, 3.8) is 0 Å². The van der Waals surface area contributed by atoms with Crippen LogP contribution < -0.4 is 5.32 Å². The molecule has 2 unspecified atom stereocenters. The summed E-state index contributed by atoms with van der Waals surface area (Å²) < 4.78 is 29.0. The third-order valence-electron chi connectivity index (χ3n) is 13.5. The lowest BCUT2D eigenvalue weighted by Crippen LogP contribution is -2.59. The monoisotopic (exact) mass is 734 g/mol. The standard InChI is InChI=1S/C35H61NO11P2/c1-5-6-7-8-16-34(4,40)29-11-10-25-24-22-28(27-21-23(37)14-18-32(27,2)26(24)15-19-33(25,29)3)47-31(39)13-12-30(38)36-20-9-17-35(41,48(42)43)49(44,45)46/h23-29,37,40-41H,5-22H2,1-4H3,(H3-,36,38,42,43,44,45,46)/p+1/t23-,24-,25-,26-,27+,28-,29-,32+,33-,34-,35?/m0/s1. The van der Waals surface area contributed by atoms with Gasteiger partial charge in [0.2, 0.25) is 5.91 Å². The summed E-state index contributed by atoms with van der Waals surface area (Å²) in [7, 11) is -8.87. The summed E-state index contributed by atoms with van der Waals surface area (Å²) in [5, 5.41) is 32.0. The third kappa shape index (κ3) is 8.64. The van der Waals surface area contributed by atoms with Gasteiger partial charge in [0.1, 0.15) is 6.10 Å². The molecule has 0 aromatic heterocycles. The Balaban J connectivity index is 1.38. The molecule has 12 nitrogen and oxygen atoms in total. The van der Waals surface area contributed by atoms with Crippen molar-refractivity contribution in [2.75, 3.05) is 6.54 Å². The first-order valence-electron chi connectivity index (χ1n) is 18.6. The van der Waals surface area contributed by atoms with Crippen LogP contribution in [0.3, 0.4) is 0 Å². The minimum Gasteiger partial charge on any atom is -0.462 e. The summed E-state index contributed by atoms with van der Waals surface area (Å²) in [6, 6.07) is 0. The second-order valence-corrected chi connectivity index (χ2v) is 20.0. The highest BCUT2D eigenvalue weighted by molar-refractivity contribution is 7.66. The molecule has 0 radical (unpaired) electrons. The number of hydrogen-bond donors (Lipinski definition) is 7. The van der Waals surface area contributed by atoms with Gasteiger partial charge in [-0.3, -0.25) is 14.2 Å². The molecular weight excluding hydrogens is 672 g/mol. The van der Waals surface area contributed by atoms with Crippen LogP contribution in [-0.2, 0) is 23.5 Å². The number of ether oxygens (including phenoxy) is 1. The van der Waals surface area contributed by atoms with E-state index in [0.29, 0.717) is 24.2 Å². The Morgan fingerprint density at radius 1 is 0.918 bits per heavy atom. The summed E-state index contributed by atoms with van der Waals surface area (Å²) in [5.41, 5.74) is -0.792. The maximum absolute atomic E-state index is 13.2. The van der Waals surface area contributed by atoms with Gasteiger partial charge in [-0.05, 0) is 110 Å². The summed E-state index contributed by atoms with van der Waals surface area (Å²) in [6.45, 7) is 8.85. The molecule has 1 amide bonds. The minimum absolute atomic E-state index is 0.00717. The van der Waals surface area contributed by atoms with E-state index >= 15 is 0 Å². The molecule has 0 bridgehead atoms. The minimum atomic E-state index is -5.29. The van der Waals surface area contributed by atoms with Crippen LogP contribution in [-0.4, -0.2) is 71.3 Å². The Labute approximate surface area is 292 Å². The highest BCUT2D eigenvalue weighted by Crippen LogP contribution is 2.69. The number of carbonyl (C=O) groups is 2. The number of aliphatic hydroxyl groups is 3. The van der Waals surface area contributed by atoms with Crippen molar-refractivity contribution in [3.8, 4) is 0 Å². The fourth-order valence-electron chi connectivity index (χ4n) is 10.9. The normalized spacial score (nSPS) is 37.1. The zero-order valence-electron chi connectivity index (χ0n) is 29.9. The van der Waals surface area contributed by atoms with Gasteiger partial charge in [-0.2, -0.15) is 4.89 Å². The molecule has 0 aliphatic heterocycles. The Kier molecular flexibility index (Phi) is 13.3. The Bertz CT molecular complexity index is 1240. The van der Waals surface area contributed by atoms with Gasteiger partial charge in [-0.15, -0.1) is 0 Å². The zero-order valence-corrected chi connectivity index (χ0v) is 31.7. The average molecular weight is 735 g/mol. The number of fused-ring (bicyclic) bond motifs is 5. The van der Waals surface area contributed by atoms with Crippen molar-refractivity contribution in [1.29, 1.82) is 0 Å². The van der Waals surface area contributed by atoms with Crippen molar-refractivity contribution < 1.29 is 53.5 Å². The lowest BCUT2D eigenvalue weighted by molar-refractivity contribution is -0.197. The molecule has 4 fully saturated rings. The second kappa shape index (κ2) is 16.0. The molecule has 0 aromatic carbocycles. The molecular formula is C35H62NO11P2+. The summed E-state index contributed by atoms with van der Waals surface area (Å²) in [4.78, 5) is 53.4. The predicted octanol–water partition coefficient (Wildman–Crippen LogP) is 5.48. The average Bonchev–Trinajstić information content (AvgIpc) is 3.39. The number of esters is 1. The Hall–Kier alpha value is -0.970. The van der Waals surface area contributed by atoms with Crippen LogP contribution in [0.2, 0.25) is 0 Å².